The van der Waals surface area contributed by atoms with Gasteiger partial charge in [-0.1, -0.05) is 12.1 Å². The van der Waals surface area contributed by atoms with Gasteiger partial charge in [-0.3, -0.25) is 0 Å². The van der Waals surface area contributed by atoms with Crippen molar-refractivity contribution >= 4 is 10.0 Å². The largest absolute Gasteiger partial charge is 0.395 e. The lowest BCUT2D eigenvalue weighted by atomic mass is 10.2. The number of rotatable bonds is 5. The first-order valence-corrected chi connectivity index (χ1v) is 7.19. The highest BCUT2D eigenvalue weighted by Gasteiger charge is 2.37. The second-order valence-electron chi connectivity index (χ2n) is 4.39. The summed E-state index contributed by atoms with van der Waals surface area (Å²) in [4.78, 5) is 0.317. The van der Waals surface area contributed by atoms with Crippen molar-refractivity contribution in [1.82, 2.24) is 4.31 Å². The van der Waals surface area contributed by atoms with Gasteiger partial charge in [-0.25, -0.2) is 8.42 Å². The second kappa shape index (κ2) is 4.76. The molecule has 1 fully saturated rings. The fourth-order valence-electron chi connectivity index (χ4n) is 1.87. The van der Waals surface area contributed by atoms with Crippen molar-refractivity contribution in [2.45, 2.75) is 30.7 Å². The van der Waals surface area contributed by atoms with Crippen LogP contribution in [0.2, 0.25) is 0 Å². The topological polar surface area (TPSA) is 57.6 Å². The Morgan fingerprint density at radius 1 is 1.41 bits per heavy atom. The number of sulfonamides is 1. The summed E-state index contributed by atoms with van der Waals surface area (Å²) in [5.41, 5.74) is 0.922. The maximum atomic E-state index is 12.4. The minimum Gasteiger partial charge on any atom is -0.395 e. The fraction of sp³-hybridized carbons (Fsp3) is 0.500. The van der Waals surface area contributed by atoms with E-state index in [0.29, 0.717) is 4.90 Å². The van der Waals surface area contributed by atoms with Crippen molar-refractivity contribution in [3.63, 3.8) is 0 Å². The summed E-state index contributed by atoms with van der Waals surface area (Å²) in [6, 6.07) is 6.96. The number of hydrogen-bond acceptors (Lipinski definition) is 3. The van der Waals surface area contributed by atoms with Gasteiger partial charge in [0.2, 0.25) is 10.0 Å². The lowest BCUT2D eigenvalue weighted by molar-refractivity contribution is 0.250. The Kier molecular flexibility index (Phi) is 3.51. The zero-order valence-electron chi connectivity index (χ0n) is 9.83. The molecule has 17 heavy (non-hydrogen) atoms. The van der Waals surface area contributed by atoms with Gasteiger partial charge in [-0.15, -0.1) is 0 Å². The molecule has 0 spiro atoms. The first kappa shape index (κ1) is 12.5. The predicted molar refractivity (Wildman–Crippen MR) is 65.2 cm³/mol. The van der Waals surface area contributed by atoms with Gasteiger partial charge in [0, 0.05) is 12.6 Å². The molecule has 0 saturated heterocycles. The van der Waals surface area contributed by atoms with E-state index < -0.39 is 10.0 Å². The van der Waals surface area contributed by atoms with E-state index in [2.05, 4.69) is 0 Å². The van der Waals surface area contributed by atoms with Gasteiger partial charge < -0.3 is 5.11 Å². The number of aryl methyl sites for hydroxylation is 1. The van der Waals surface area contributed by atoms with E-state index in [4.69, 9.17) is 5.11 Å². The molecule has 1 aliphatic carbocycles. The van der Waals surface area contributed by atoms with Crippen LogP contribution in [0.3, 0.4) is 0 Å². The molecule has 0 radical (unpaired) electrons. The van der Waals surface area contributed by atoms with Gasteiger partial charge in [0.05, 0.1) is 11.5 Å². The minimum absolute atomic E-state index is 0.0765. The Morgan fingerprint density at radius 3 is 2.65 bits per heavy atom. The summed E-state index contributed by atoms with van der Waals surface area (Å²) in [6.45, 7) is 1.91. The Morgan fingerprint density at radius 2 is 2.12 bits per heavy atom. The molecule has 1 saturated carbocycles. The molecule has 5 heteroatoms. The van der Waals surface area contributed by atoms with E-state index in [9.17, 15) is 8.42 Å². The lowest BCUT2D eigenvalue weighted by Crippen LogP contribution is -2.35. The van der Waals surface area contributed by atoms with E-state index >= 15 is 0 Å². The molecule has 1 aliphatic rings. The molecule has 0 aromatic heterocycles. The van der Waals surface area contributed by atoms with E-state index in [1.165, 1.54) is 4.31 Å². The van der Waals surface area contributed by atoms with Gasteiger partial charge in [-0.05, 0) is 37.5 Å². The third-order valence-corrected chi connectivity index (χ3v) is 4.82. The molecular formula is C12H17NO3S. The van der Waals surface area contributed by atoms with Crippen LogP contribution in [-0.2, 0) is 10.0 Å². The molecule has 0 aliphatic heterocycles. The van der Waals surface area contributed by atoms with Gasteiger partial charge in [0.1, 0.15) is 0 Å². The average molecular weight is 255 g/mol. The number of aliphatic hydroxyl groups excluding tert-OH is 1. The van der Waals surface area contributed by atoms with Gasteiger partial charge in [-0.2, -0.15) is 4.31 Å². The number of hydrogen-bond donors (Lipinski definition) is 1. The quantitative estimate of drug-likeness (QED) is 0.858. The second-order valence-corrected chi connectivity index (χ2v) is 6.28. The zero-order valence-corrected chi connectivity index (χ0v) is 10.7. The van der Waals surface area contributed by atoms with Crippen molar-refractivity contribution in [2.75, 3.05) is 13.2 Å². The molecule has 0 heterocycles. The predicted octanol–water partition coefficient (Wildman–Crippen LogP) is 1.14. The Bertz CT molecular complexity index is 494. The van der Waals surface area contributed by atoms with Crippen molar-refractivity contribution in [3.8, 4) is 0 Å². The maximum absolute atomic E-state index is 12.4. The molecule has 2 rings (SSSR count). The molecule has 1 aromatic carbocycles. The van der Waals surface area contributed by atoms with Crippen LogP contribution in [0.5, 0.6) is 0 Å². The lowest BCUT2D eigenvalue weighted by Gasteiger charge is -2.20. The first-order valence-electron chi connectivity index (χ1n) is 5.75. The Balaban J connectivity index is 2.33. The van der Waals surface area contributed by atoms with Crippen LogP contribution in [0, 0.1) is 6.92 Å². The highest BCUT2D eigenvalue weighted by Crippen LogP contribution is 2.31. The van der Waals surface area contributed by atoms with Crippen LogP contribution < -0.4 is 0 Å². The molecule has 94 valence electrons. The SMILES string of the molecule is Cc1cccc(S(=O)(=O)N(CCO)C2CC2)c1. The maximum Gasteiger partial charge on any atom is 0.243 e. The number of nitrogens with zero attached hydrogens (tertiary/aromatic N) is 1. The van der Waals surface area contributed by atoms with Crippen LogP contribution in [0.25, 0.3) is 0 Å². The highest BCUT2D eigenvalue weighted by molar-refractivity contribution is 7.89. The van der Waals surface area contributed by atoms with E-state index in [0.717, 1.165) is 18.4 Å². The average Bonchev–Trinajstić information content (AvgIpc) is 3.09. The van der Waals surface area contributed by atoms with Gasteiger partial charge >= 0.3 is 0 Å². The van der Waals surface area contributed by atoms with Crippen molar-refractivity contribution < 1.29 is 13.5 Å². The van der Waals surface area contributed by atoms with Crippen molar-refractivity contribution in [3.05, 3.63) is 29.8 Å². The molecule has 0 bridgehead atoms. The highest BCUT2D eigenvalue weighted by atomic mass is 32.2. The summed E-state index contributed by atoms with van der Waals surface area (Å²) in [6.07, 6.45) is 1.79. The van der Waals surface area contributed by atoms with Crippen molar-refractivity contribution in [1.29, 1.82) is 0 Å². The Hall–Kier alpha value is -0.910. The summed E-state index contributed by atoms with van der Waals surface area (Å²) in [7, 11) is -3.45. The summed E-state index contributed by atoms with van der Waals surface area (Å²) < 4.78 is 26.2. The smallest absolute Gasteiger partial charge is 0.243 e. The van der Waals surface area contributed by atoms with Crippen LogP contribution in [0.4, 0.5) is 0 Å². The monoisotopic (exact) mass is 255 g/mol. The summed E-state index contributed by atoms with van der Waals surface area (Å²) >= 11 is 0. The molecule has 0 amide bonds. The Labute approximate surface area is 102 Å². The molecule has 0 atom stereocenters. The molecule has 1 N–H and O–H groups in total. The van der Waals surface area contributed by atoms with Crippen LogP contribution in [0.15, 0.2) is 29.2 Å². The number of benzene rings is 1. The standard InChI is InChI=1S/C12H17NO3S/c1-10-3-2-4-12(9-10)17(15,16)13(7-8-14)11-5-6-11/h2-4,9,11,14H,5-8H2,1H3. The third kappa shape index (κ3) is 2.68. The van der Waals surface area contributed by atoms with Gasteiger partial charge in [0.25, 0.3) is 0 Å². The van der Waals surface area contributed by atoms with Crippen LogP contribution in [-0.4, -0.2) is 37.0 Å². The van der Waals surface area contributed by atoms with E-state index in [1.54, 1.807) is 18.2 Å². The minimum atomic E-state index is -3.45. The van der Waals surface area contributed by atoms with Crippen LogP contribution in [0.1, 0.15) is 18.4 Å². The van der Waals surface area contributed by atoms with E-state index in [1.807, 2.05) is 13.0 Å². The van der Waals surface area contributed by atoms with Crippen LogP contribution >= 0.6 is 0 Å². The first-order chi connectivity index (χ1) is 8.05. The number of aliphatic hydroxyl groups is 1. The third-order valence-electron chi connectivity index (χ3n) is 2.87. The molecule has 1 aromatic rings. The van der Waals surface area contributed by atoms with Crippen molar-refractivity contribution in [2.24, 2.45) is 0 Å². The fourth-order valence-corrected chi connectivity index (χ4v) is 3.65. The molecular weight excluding hydrogens is 238 g/mol. The summed E-state index contributed by atoms with van der Waals surface area (Å²) in [5, 5.41) is 8.97. The molecule has 4 nitrogen and oxygen atoms in total. The zero-order chi connectivity index (χ0) is 12.5. The molecule has 0 unspecified atom stereocenters. The summed E-state index contributed by atoms with van der Waals surface area (Å²) in [5.74, 6) is 0. The normalized spacial score (nSPS) is 16.4. The van der Waals surface area contributed by atoms with E-state index in [-0.39, 0.29) is 19.2 Å². The van der Waals surface area contributed by atoms with Gasteiger partial charge in [0.15, 0.2) is 0 Å².